The number of ketones is 2. The predicted molar refractivity (Wildman–Crippen MR) is 120 cm³/mol. The quantitative estimate of drug-likeness (QED) is 0.448. The van der Waals surface area contributed by atoms with Crippen molar-refractivity contribution in [3.8, 4) is 11.3 Å². The first kappa shape index (κ1) is 19.8. The minimum atomic E-state index is -4.15. The van der Waals surface area contributed by atoms with E-state index >= 15 is 0 Å². The monoisotopic (exact) mass is 440 g/mol. The highest BCUT2D eigenvalue weighted by Crippen LogP contribution is 2.38. The van der Waals surface area contributed by atoms with Crippen molar-refractivity contribution in [2.45, 2.75) is 4.90 Å². The first-order valence-electron chi connectivity index (χ1n) is 9.83. The van der Waals surface area contributed by atoms with Crippen LogP contribution in [0.1, 0.15) is 21.6 Å². The molecule has 156 valence electrons. The Morgan fingerprint density at radius 2 is 1.22 bits per heavy atom. The first-order chi connectivity index (χ1) is 15.5. The van der Waals surface area contributed by atoms with Crippen molar-refractivity contribution in [3.63, 3.8) is 0 Å². The number of allylic oxidation sites excluding steroid dienone is 1. The molecular weight excluding hydrogens is 424 g/mol. The number of fused-ring (bicyclic) bond motifs is 1. The number of aromatic nitrogens is 2. The van der Waals surface area contributed by atoms with E-state index in [2.05, 4.69) is 5.10 Å². The van der Waals surface area contributed by atoms with E-state index in [0.29, 0.717) is 16.7 Å². The molecule has 1 aliphatic rings. The molecule has 0 saturated carbocycles. The van der Waals surface area contributed by atoms with E-state index < -0.39 is 21.6 Å². The van der Waals surface area contributed by atoms with Gasteiger partial charge >= 0.3 is 0 Å². The van der Waals surface area contributed by atoms with Gasteiger partial charge in [-0.3, -0.25) is 9.59 Å². The summed E-state index contributed by atoms with van der Waals surface area (Å²) in [7, 11) is -4.15. The minimum Gasteiger partial charge on any atom is -0.286 e. The van der Waals surface area contributed by atoms with Gasteiger partial charge in [-0.15, -0.1) is 0 Å². The molecule has 0 saturated heterocycles. The van der Waals surface area contributed by atoms with Crippen molar-refractivity contribution in [2.75, 3.05) is 0 Å². The molecule has 6 nitrogen and oxygen atoms in total. The Balaban J connectivity index is 1.88. The van der Waals surface area contributed by atoms with Crippen LogP contribution >= 0.6 is 0 Å². The summed E-state index contributed by atoms with van der Waals surface area (Å²) in [4.78, 5) is 25.7. The van der Waals surface area contributed by atoms with Crippen LogP contribution in [0.3, 0.4) is 0 Å². The summed E-state index contributed by atoms with van der Waals surface area (Å²) in [6.07, 6.45) is 1.19. The Hall–Kier alpha value is -4.10. The Bertz CT molecular complexity index is 1490. The molecule has 0 bridgehead atoms. The molecular formula is C25H16N2O4S. The van der Waals surface area contributed by atoms with E-state index in [1.165, 1.54) is 18.2 Å². The summed E-state index contributed by atoms with van der Waals surface area (Å²) in [5, 5.41) is 4.39. The third-order valence-corrected chi connectivity index (χ3v) is 6.83. The minimum absolute atomic E-state index is 0.0120. The molecule has 1 aromatic heterocycles. The summed E-state index contributed by atoms with van der Waals surface area (Å²) >= 11 is 0. The highest BCUT2D eigenvalue weighted by Gasteiger charge is 2.38. The maximum Gasteiger partial charge on any atom is 0.283 e. The Labute approximate surface area is 184 Å². The number of rotatable bonds is 4. The molecule has 0 unspecified atom stereocenters. The standard InChI is InChI=1S/C25H16N2O4S/c28-21-16-20(17-10-4-1-5-11-17)24-22(25(21)29)23(18-12-6-2-7-13-18)26-27(24)32(30,31)19-14-8-3-9-15-19/h1-16H. The fourth-order valence-corrected chi connectivity index (χ4v) is 5.06. The lowest BCUT2D eigenvalue weighted by molar-refractivity contribution is -0.111. The van der Waals surface area contributed by atoms with Crippen LogP contribution in [0.25, 0.3) is 16.8 Å². The van der Waals surface area contributed by atoms with E-state index in [1.54, 1.807) is 72.8 Å². The topological polar surface area (TPSA) is 86.1 Å². The van der Waals surface area contributed by atoms with Crippen LogP contribution in [-0.2, 0) is 14.8 Å². The van der Waals surface area contributed by atoms with Crippen LogP contribution in [-0.4, -0.2) is 29.2 Å². The zero-order valence-electron chi connectivity index (χ0n) is 16.7. The van der Waals surface area contributed by atoms with E-state index in [-0.39, 0.29) is 21.8 Å². The van der Waals surface area contributed by atoms with E-state index in [1.807, 2.05) is 6.07 Å². The molecule has 7 heteroatoms. The normalized spacial score (nSPS) is 13.6. The maximum absolute atomic E-state index is 13.6. The average molecular weight is 440 g/mol. The van der Waals surface area contributed by atoms with Gasteiger partial charge < -0.3 is 0 Å². The molecule has 0 spiro atoms. The number of carbonyl (C=O) groups excluding carboxylic acids is 2. The van der Waals surface area contributed by atoms with Gasteiger partial charge in [-0.2, -0.15) is 17.6 Å². The summed E-state index contributed by atoms with van der Waals surface area (Å²) in [6, 6.07) is 25.5. The third kappa shape index (κ3) is 3.11. The van der Waals surface area contributed by atoms with Crippen LogP contribution < -0.4 is 0 Å². The summed E-state index contributed by atoms with van der Waals surface area (Å²) in [5.74, 6) is -1.50. The average Bonchev–Trinajstić information content (AvgIpc) is 3.25. The van der Waals surface area contributed by atoms with Gasteiger partial charge in [0.15, 0.2) is 0 Å². The summed E-state index contributed by atoms with van der Waals surface area (Å²) in [6.45, 7) is 0. The molecule has 32 heavy (non-hydrogen) atoms. The van der Waals surface area contributed by atoms with Crippen LogP contribution in [0.2, 0.25) is 0 Å². The highest BCUT2D eigenvalue weighted by molar-refractivity contribution is 7.89. The number of hydrogen-bond donors (Lipinski definition) is 0. The predicted octanol–water partition coefficient (Wildman–Crippen LogP) is 3.98. The van der Waals surface area contributed by atoms with Gasteiger partial charge in [0.1, 0.15) is 5.69 Å². The molecule has 0 amide bonds. The molecule has 0 aliphatic heterocycles. The summed E-state index contributed by atoms with van der Waals surface area (Å²) < 4.78 is 28.1. The Kier molecular flexibility index (Phi) is 4.68. The second-order valence-electron chi connectivity index (χ2n) is 7.22. The fraction of sp³-hybridized carbons (Fsp3) is 0. The number of nitrogens with zero attached hydrogens (tertiary/aromatic N) is 2. The van der Waals surface area contributed by atoms with E-state index in [9.17, 15) is 18.0 Å². The zero-order chi connectivity index (χ0) is 22.3. The van der Waals surface area contributed by atoms with Crippen LogP contribution in [0.15, 0.2) is 102 Å². The number of carbonyl (C=O) groups is 2. The zero-order valence-corrected chi connectivity index (χ0v) is 17.5. The van der Waals surface area contributed by atoms with Crippen molar-refractivity contribution in [1.29, 1.82) is 0 Å². The fourth-order valence-electron chi connectivity index (χ4n) is 3.74. The lowest BCUT2D eigenvalue weighted by Crippen LogP contribution is -2.23. The smallest absolute Gasteiger partial charge is 0.283 e. The molecule has 0 fully saturated rings. The first-order valence-corrected chi connectivity index (χ1v) is 11.3. The second-order valence-corrected chi connectivity index (χ2v) is 8.98. The molecule has 1 aliphatic carbocycles. The molecule has 0 radical (unpaired) electrons. The van der Waals surface area contributed by atoms with Gasteiger partial charge in [-0.25, -0.2) is 0 Å². The van der Waals surface area contributed by atoms with Crippen LogP contribution in [0, 0.1) is 0 Å². The molecule has 4 aromatic rings. The van der Waals surface area contributed by atoms with Gasteiger partial charge in [-0.1, -0.05) is 78.9 Å². The van der Waals surface area contributed by atoms with Gasteiger partial charge in [-0.05, 0) is 23.8 Å². The van der Waals surface area contributed by atoms with Crippen LogP contribution in [0.5, 0.6) is 0 Å². The number of Topliss-reactive ketones (excluding diaryl/α,β-unsaturated/α-hetero) is 1. The molecule has 5 rings (SSSR count). The van der Waals surface area contributed by atoms with Crippen molar-refractivity contribution in [1.82, 2.24) is 9.19 Å². The van der Waals surface area contributed by atoms with E-state index in [4.69, 9.17) is 0 Å². The lowest BCUT2D eigenvalue weighted by Gasteiger charge is -2.16. The highest BCUT2D eigenvalue weighted by atomic mass is 32.2. The number of hydrogen-bond acceptors (Lipinski definition) is 5. The second kappa shape index (κ2) is 7.55. The lowest BCUT2D eigenvalue weighted by atomic mass is 9.88. The van der Waals surface area contributed by atoms with Crippen LogP contribution in [0.4, 0.5) is 0 Å². The maximum atomic E-state index is 13.6. The Morgan fingerprint density at radius 1 is 0.688 bits per heavy atom. The van der Waals surface area contributed by atoms with Crippen molar-refractivity contribution in [3.05, 3.63) is 114 Å². The SMILES string of the molecule is O=C1C=C(c2ccccc2)c2c(c(-c3ccccc3)nn2S(=O)(=O)c2ccccc2)C1=O. The van der Waals surface area contributed by atoms with Crippen molar-refractivity contribution >= 4 is 27.2 Å². The molecule has 0 atom stereocenters. The largest absolute Gasteiger partial charge is 0.286 e. The van der Waals surface area contributed by atoms with Crippen molar-refractivity contribution in [2.24, 2.45) is 0 Å². The van der Waals surface area contributed by atoms with E-state index in [0.717, 1.165) is 4.09 Å². The molecule has 0 N–H and O–H groups in total. The molecule has 3 aromatic carbocycles. The van der Waals surface area contributed by atoms with Gasteiger partial charge in [0.2, 0.25) is 11.6 Å². The van der Waals surface area contributed by atoms with Gasteiger partial charge in [0.25, 0.3) is 10.0 Å². The summed E-state index contributed by atoms with van der Waals surface area (Å²) in [5.41, 5.74) is 1.71. The number of benzene rings is 3. The Morgan fingerprint density at radius 3 is 1.81 bits per heavy atom. The van der Waals surface area contributed by atoms with Gasteiger partial charge in [0, 0.05) is 11.1 Å². The van der Waals surface area contributed by atoms with Crippen molar-refractivity contribution < 1.29 is 18.0 Å². The molecule has 1 heterocycles. The third-order valence-electron chi connectivity index (χ3n) is 5.24. The van der Waals surface area contributed by atoms with Gasteiger partial charge in [0.05, 0.1) is 16.2 Å².